The van der Waals surface area contributed by atoms with Crippen molar-refractivity contribution < 1.29 is 0 Å². The monoisotopic (exact) mass is 253 g/mol. The molecule has 0 N–H and O–H groups in total. The van der Waals surface area contributed by atoms with Gasteiger partial charge in [0.25, 0.3) is 0 Å². The third-order valence-corrected chi connectivity index (χ3v) is 4.26. The predicted octanol–water partition coefficient (Wildman–Crippen LogP) is 5.13. The van der Waals surface area contributed by atoms with Gasteiger partial charge in [0, 0.05) is 11.6 Å². The number of hydrogen-bond acceptors (Lipinski definition) is 1. The first-order valence-electron chi connectivity index (χ1n) is 6.84. The van der Waals surface area contributed by atoms with Gasteiger partial charge in [-0.15, -0.1) is 0 Å². The van der Waals surface area contributed by atoms with E-state index in [4.69, 9.17) is 0 Å². The van der Waals surface area contributed by atoms with E-state index in [2.05, 4.69) is 65.6 Å². The van der Waals surface area contributed by atoms with E-state index in [1.807, 2.05) is 6.20 Å². The fourth-order valence-electron chi connectivity index (χ4n) is 3.43. The van der Waals surface area contributed by atoms with Crippen LogP contribution in [0.4, 0.5) is 0 Å². The summed E-state index contributed by atoms with van der Waals surface area (Å²) in [5.41, 5.74) is 1.08. The molecule has 1 nitrogen and oxygen atoms in total. The topological polar surface area (TPSA) is 12.9 Å². The van der Waals surface area contributed by atoms with Crippen LogP contribution in [0.15, 0.2) is 66.9 Å². The van der Waals surface area contributed by atoms with Gasteiger partial charge in [0.2, 0.25) is 0 Å². The highest BCUT2D eigenvalue weighted by atomic mass is 14.6. The number of nitrogens with zero attached hydrogens (tertiary/aromatic N) is 1. The molecule has 0 aliphatic rings. The van der Waals surface area contributed by atoms with E-state index >= 15 is 0 Å². The van der Waals surface area contributed by atoms with Crippen LogP contribution in [-0.4, -0.2) is 4.98 Å². The van der Waals surface area contributed by atoms with Crippen molar-refractivity contribution in [3.05, 3.63) is 66.9 Å². The molecule has 4 aromatic carbocycles. The van der Waals surface area contributed by atoms with Gasteiger partial charge in [0.1, 0.15) is 0 Å². The van der Waals surface area contributed by atoms with Gasteiger partial charge in [0.05, 0.1) is 5.52 Å². The van der Waals surface area contributed by atoms with Gasteiger partial charge in [-0.25, -0.2) is 0 Å². The molecular formula is C19H11N. The normalized spacial score (nSPS) is 12.0. The highest BCUT2D eigenvalue weighted by Crippen LogP contribution is 2.39. The van der Waals surface area contributed by atoms with E-state index in [1.165, 1.54) is 37.7 Å². The Hall–Kier alpha value is -2.67. The van der Waals surface area contributed by atoms with Crippen LogP contribution in [0.3, 0.4) is 0 Å². The fraction of sp³-hybridized carbons (Fsp3) is 0. The van der Waals surface area contributed by atoms with Gasteiger partial charge in [0.15, 0.2) is 0 Å². The van der Waals surface area contributed by atoms with E-state index < -0.39 is 0 Å². The highest BCUT2D eigenvalue weighted by Gasteiger charge is 2.12. The first-order chi connectivity index (χ1) is 9.93. The van der Waals surface area contributed by atoms with Crippen LogP contribution in [-0.2, 0) is 0 Å². The van der Waals surface area contributed by atoms with Crippen LogP contribution >= 0.6 is 0 Å². The second kappa shape index (κ2) is 3.45. The summed E-state index contributed by atoms with van der Waals surface area (Å²) in [6.45, 7) is 0. The Morgan fingerprint density at radius 2 is 1.30 bits per heavy atom. The number of fused-ring (bicyclic) bond motifs is 3. The zero-order valence-electron chi connectivity index (χ0n) is 10.8. The third-order valence-electron chi connectivity index (χ3n) is 4.26. The van der Waals surface area contributed by atoms with E-state index in [0.717, 1.165) is 5.52 Å². The maximum Gasteiger partial charge on any atom is 0.0714 e. The predicted molar refractivity (Wildman–Crippen MR) is 85.4 cm³/mol. The van der Waals surface area contributed by atoms with Crippen molar-refractivity contribution in [3.8, 4) is 0 Å². The number of aromatic nitrogens is 1. The molecule has 0 spiro atoms. The van der Waals surface area contributed by atoms with Gasteiger partial charge in [-0.3, -0.25) is 4.98 Å². The molecule has 0 saturated heterocycles. The van der Waals surface area contributed by atoms with Crippen molar-refractivity contribution in [2.24, 2.45) is 0 Å². The van der Waals surface area contributed by atoms with Crippen LogP contribution in [0.5, 0.6) is 0 Å². The van der Waals surface area contributed by atoms with Crippen molar-refractivity contribution in [1.82, 2.24) is 4.98 Å². The summed E-state index contributed by atoms with van der Waals surface area (Å²) < 4.78 is 0. The van der Waals surface area contributed by atoms with Crippen LogP contribution in [0, 0.1) is 0 Å². The summed E-state index contributed by atoms with van der Waals surface area (Å²) in [6.07, 6.45) is 1.91. The quantitative estimate of drug-likeness (QED) is 0.275. The number of pyridine rings is 1. The third kappa shape index (κ3) is 1.11. The molecular weight excluding hydrogens is 242 g/mol. The van der Waals surface area contributed by atoms with Gasteiger partial charge in [-0.05, 0) is 44.5 Å². The van der Waals surface area contributed by atoms with E-state index in [1.54, 1.807) is 0 Å². The first kappa shape index (κ1) is 10.2. The molecule has 0 fully saturated rings. The Morgan fingerprint density at radius 1 is 0.550 bits per heavy atom. The molecule has 1 heterocycles. The Kier molecular flexibility index (Phi) is 1.75. The Bertz CT molecular complexity index is 1000. The largest absolute Gasteiger partial charge is 0.256 e. The molecule has 0 saturated carbocycles. The van der Waals surface area contributed by atoms with Crippen molar-refractivity contribution in [2.45, 2.75) is 0 Å². The highest BCUT2D eigenvalue weighted by molar-refractivity contribution is 6.32. The molecule has 0 aliphatic carbocycles. The summed E-state index contributed by atoms with van der Waals surface area (Å²) in [5, 5.41) is 9.18. The molecule has 0 bridgehead atoms. The minimum Gasteiger partial charge on any atom is -0.256 e. The van der Waals surface area contributed by atoms with Crippen molar-refractivity contribution in [2.75, 3.05) is 0 Å². The molecule has 5 aromatic rings. The summed E-state index contributed by atoms with van der Waals surface area (Å²) >= 11 is 0. The molecule has 0 unspecified atom stereocenters. The van der Waals surface area contributed by atoms with Crippen molar-refractivity contribution in [1.29, 1.82) is 0 Å². The lowest BCUT2D eigenvalue weighted by atomic mass is 9.91. The van der Waals surface area contributed by atoms with Gasteiger partial charge >= 0.3 is 0 Å². The van der Waals surface area contributed by atoms with E-state index in [-0.39, 0.29) is 0 Å². The molecule has 0 amide bonds. The average Bonchev–Trinajstić information content (AvgIpc) is 2.53. The van der Waals surface area contributed by atoms with Gasteiger partial charge in [-0.2, -0.15) is 0 Å². The van der Waals surface area contributed by atoms with Crippen molar-refractivity contribution >= 4 is 43.2 Å². The molecule has 1 heteroatoms. The SMILES string of the molecule is c1ccc2c(c1)c1cccc3ccc4nccc2c4c31. The number of hydrogen-bond donors (Lipinski definition) is 0. The molecule has 20 heavy (non-hydrogen) atoms. The van der Waals surface area contributed by atoms with E-state index in [0.29, 0.717) is 0 Å². The lowest BCUT2D eigenvalue weighted by molar-refractivity contribution is 1.43. The Labute approximate surface area is 115 Å². The van der Waals surface area contributed by atoms with Crippen LogP contribution < -0.4 is 0 Å². The summed E-state index contributed by atoms with van der Waals surface area (Å²) in [5.74, 6) is 0. The van der Waals surface area contributed by atoms with Crippen molar-refractivity contribution in [3.63, 3.8) is 0 Å². The average molecular weight is 253 g/mol. The molecule has 1 aromatic heterocycles. The van der Waals surface area contributed by atoms with Gasteiger partial charge in [-0.1, -0.05) is 48.5 Å². The first-order valence-corrected chi connectivity index (χ1v) is 6.84. The summed E-state index contributed by atoms with van der Waals surface area (Å²) in [4.78, 5) is 4.54. The second-order valence-corrected chi connectivity index (χ2v) is 5.27. The Balaban J connectivity index is 2.33. The minimum absolute atomic E-state index is 1.08. The second-order valence-electron chi connectivity index (χ2n) is 5.27. The molecule has 92 valence electrons. The van der Waals surface area contributed by atoms with Crippen LogP contribution in [0.2, 0.25) is 0 Å². The molecule has 5 rings (SSSR count). The lowest BCUT2D eigenvalue weighted by Gasteiger charge is -2.13. The zero-order chi connectivity index (χ0) is 13.1. The number of benzene rings is 4. The zero-order valence-corrected chi connectivity index (χ0v) is 10.8. The maximum atomic E-state index is 4.54. The van der Waals surface area contributed by atoms with Crippen LogP contribution in [0.1, 0.15) is 0 Å². The van der Waals surface area contributed by atoms with E-state index in [9.17, 15) is 0 Å². The molecule has 0 radical (unpaired) electrons. The number of rotatable bonds is 0. The standard InChI is InChI=1S/C19H11N/c1-2-6-14-13(5-1)15-7-3-4-12-8-9-17-19(18(12)15)16(14)10-11-20-17/h1-11H. The van der Waals surface area contributed by atoms with Crippen LogP contribution in [0.25, 0.3) is 43.2 Å². The maximum absolute atomic E-state index is 4.54. The summed E-state index contributed by atoms with van der Waals surface area (Å²) in [7, 11) is 0. The molecule has 0 atom stereocenters. The minimum atomic E-state index is 1.08. The summed E-state index contributed by atoms with van der Waals surface area (Å²) in [6, 6.07) is 21.6. The lowest BCUT2D eigenvalue weighted by Crippen LogP contribution is -1.88. The molecule has 0 aliphatic heterocycles. The van der Waals surface area contributed by atoms with Gasteiger partial charge < -0.3 is 0 Å². The smallest absolute Gasteiger partial charge is 0.0714 e. The Morgan fingerprint density at radius 3 is 2.15 bits per heavy atom. The fourth-order valence-corrected chi connectivity index (χ4v) is 3.43.